The van der Waals surface area contributed by atoms with Crippen molar-refractivity contribution in [2.75, 3.05) is 6.54 Å². The highest BCUT2D eigenvalue weighted by Gasteiger charge is 2.14. The zero-order valence-corrected chi connectivity index (χ0v) is 11.2. The number of benzene rings is 1. The largest absolute Gasteiger partial charge is 0.347 e. The standard InChI is InChI=1S/C13H12ClFN4O/c14-8-1-2-10-7(3-9(15)5-16)6-19-12(11(10)4-8)17-18-13(19)20/h1-2,4,6,9H,3,5,16H2,(H,18,20). The molecule has 7 heteroatoms. The average Bonchev–Trinajstić information content (AvgIpc) is 2.80. The van der Waals surface area contributed by atoms with E-state index in [1.165, 1.54) is 4.40 Å². The number of aromatic amines is 1. The van der Waals surface area contributed by atoms with Crippen LogP contribution in [0.15, 0.2) is 29.2 Å². The van der Waals surface area contributed by atoms with E-state index >= 15 is 0 Å². The summed E-state index contributed by atoms with van der Waals surface area (Å²) < 4.78 is 14.9. The van der Waals surface area contributed by atoms with Crippen molar-refractivity contribution in [3.05, 3.63) is 45.5 Å². The van der Waals surface area contributed by atoms with Crippen LogP contribution in [0.5, 0.6) is 0 Å². The van der Waals surface area contributed by atoms with Crippen LogP contribution in [0, 0.1) is 0 Å². The topological polar surface area (TPSA) is 76.2 Å². The molecule has 0 aliphatic carbocycles. The molecule has 0 fully saturated rings. The Morgan fingerprint density at radius 2 is 2.25 bits per heavy atom. The van der Waals surface area contributed by atoms with Crippen LogP contribution in [0.2, 0.25) is 5.02 Å². The molecule has 1 unspecified atom stereocenters. The highest BCUT2D eigenvalue weighted by molar-refractivity contribution is 6.31. The second-order valence-electron chi connectivity index (χ2n) is 4.60. The van der Waals surface area contributed by atoms with Gasteiger partial charge in [0.2, 0.25) is 0 Å². The van der Waals surface area contributed by atoms with E-state index in [-0.39, 0.29) is 18.7 Å². The molecule has 0 radical (unpaired) electrons. The fraction of sp³-hybridized carbons (Fsp3) is 0.231. The van der Waals surface area contributed by atoms with Crippen molar-refractivity contribution in [3.63, 3.8) is 0 Å². The molecule has 0 amide bonds. The second-order valence-corrected chi connectivity index (χ2v) is 5.04. The minimum Gasteiger partial charge on any atom is -0.328 e. The van der Waals surface area contributed by atoms with Crippen molar-refractivity contribution in [1.29, 1.82) is 0 Å². The Morgan fingerprint density at radius 1 is 1.45 bits per heavy atom. The molecule has 1 atom stereocenters. The summed E-state index contributed by atoms with van der Waals surface area (Å²) in [6, 6.07) is 5.24. The highest BCUT2D eigenvalue weighted by atomic mass is 35.5. The molecule has 5 nitrogen and oxygen atoms in total. The molecule has 3 N–H and O–H groups in total. The van der Waals surface area contributed by atoms with Gasteiger partial charge in [0.15, 0.2) is 5.65 Å². The maximum Gasteiger partial charge on any atom is 0.347 e. The number of hydrogen-bond donors (Lipinski definition) is 2. The lowest BCUT2D eigenvalue weighted by atomic mass is 10.0. The lowest BCUT2D eigenvalue weighted by molar-refractivity contribution is 0.340. The molecule has 3 rings (SSSR count). The number of aromatic nitrogens is 3. The fourth-order valence-electron chi connectivity index (χ4n) is 2.31. The molecule has 0 saturated heterocycles. The number of fused-ring (bicyclic) bond motifs is 3. The van der Waals surface area contributed by atoms with Crippen LogP contribution < -0.4 is 11.4 Å². The van der Waals surface area contributed by atoms with Gasteiger partial charge in [0.05, 0.1) is 0 Å². The lowest BCUT2D eigenvalue weighted by Crippen LogP contribution is -2.18. The Kier molecular flexibility index (Phi) is 3.19. The molecule has 0 spiro atoms. The SMILES string of the molecule is NCC(F)Cc1cn2c(=O)[nH]nc2c2cc(Cl)ccc12. The first-order valence-corrected chi connectivity index (χ1v) is 6.50. The zero-order valence-electron chi connectivity index (χ0n) is 10.4. The molecule has 2 aromatic heterocycles. The summed E-state index contributed by atoms with van der Waals surface area (Å²) in [7, 11) is 0. The lowest BCUT2D eigenvalue weighted by Gasteiger charge is -2.10. The normalized spacial score (nSPS) is 13.2. The molecule has 20 heavy (non-hydrogen) atoms. The first-order valence-electron chi connectivity index (χ1n) is 6.12. The Bertz CT molecular complexity index is 841. The number of rotatable bonds is 3. The maximum absolute atomic E-state index is 13.6. The summed E-state index contributed by atoms with van der Waals surface area (Å²) in [6.07, 6.45) is 0.580. The summed E-state index contributed by atoms with van der Waals surface area (Å²) in [6.45, 7) is -0.0621. The van der Waals surface area contributed by atoms with E-state index in [0.717, 1.165) is 5.39 Å². The van der Waals surface area contributed by atoms with Gasteiger partial charge in [-0.1, -0.05) is 17.7 Å². The number of H-pyrrole nitrogens is 1. The van der Waals surface area contributed by atoms with E-state index in [2.05, 4.69) is 10.2 Å². The number of halogens is 2. The molecule has 1 aromatic carbocycles. The Balaban J connectivity index is 2.36. The number of nitrogens with two attached hydrogens (primary N) is 1. The summed E-state index contributed by atoms with van der Waals surface area (Å²) >= 11 is 5.99. The van der Waals surface area contributed by atoms with E-state index in [9.17, 15) is 9.18 Å². The molecular formula is C13H12ClFN4O. The minimum atomic E-state index is -1.16. The molecule has 0 saturated carbocycles. The minimum absolute atomic E-state index is 0.0621. The van der Waals surface area contributed by atoms with Gasteiger partial charge in [-0.25, -0.2) is 18.7 Å². The summed E-state index contributed by atoms with van der Waals surface area (Å²) in [5.74, 6) is 0. The summed E-state index contributed by atoms with van der Waals surface area (Å²) in [5, 5.41) is 8.41. The smallest absolute Gasteiger partial charge is 0.328 e. The van der Waals surface area contributed by atoms with Gasteiger partial charge in [0.1, 0.15) is 6.17 Å². The van der Waals surface area contributed by atoms with Gasteiger partial charge >= 0.3 is 5.69 Å². The summed E-state index contributed by atoms with van der Waals surface area (Å²) in [4.78, 5) is 11.7. The molecule has 3 aromatic rings. The molecule has 0 aliphatic rings. The van der Waals surface area contributed by atoms with Crippen molar-refractivity contribution in [3.8, 4) is 0 Å². The Labute approximate surface area is 118 Å². The Hall–Kier alpha value is -1.92. The first-order chi connectivity index (χ1) is 9.60. The quantitative estimate of drug-likeness (QED) is 0.771. The number of pyridine rings is 1. The number of nitrogens with one attached hydrogen (secondary N) is 1. The van der Waals surface area contributed by atoms with E-state index < -0.39 is 6.17 Å². The van der Waals surface area contributed by atoms with Crippen LogP contribution in [0.3, 0.4) is 0 Å². The van der Waals surface area contributed by atoms with Crippen molar-refractivity contribution >= 4 is 28.0 Å². The van der Waals surface area contributed by atoms with E-state index in [1.54, 1.807) is 24.4 Å². The fourth-order valence-corrected chi connectivity index (χ4v) is 2.48. The van der Waals surface area contributed by atoms with Crippen LogP contribution in [0.25, 0.3) is 16.4 Å². The number of nitrogens with zero attached hydrogens (tertiary/aromatic N) is 2. The van der Waals surface area contributed by atoms with Crippen LogP contribution in [-0.2, 0) is 6.42 Å². The van der Waals surface area contributed by atoms with Gasteiger partial charge in [-0.05, 0) is 23.1 Å². The number of alkyl halides is 1. The molecule has 104 valence electrons. The Morgan fingerprint density at radius 3 is 3.00 bits per heavy atom. The van der Waals surface area contributed by atoms with Crippen molar-refractivity contribution in [2.45, 2.75) is 12.6 Å². The van der Waals surface area contributed by atoms with E-state index in [1.807, 2.05) is 0 Å². The summed E-state index contributed by atoms with van der Waals surface area (Å²) in [5.41, 5.74) is 6.13. The maximum atomic E-state index is 13.6. The van der Waals surface area contributed by atoms with Gasteiger partial charge in [-0.2, -0.15) is 5.10 Å². The van der Waals surface area contributed by atoms with Gasteiger partial charge < -0.3 is 5.73 Å². The molecule has 0 aliphatic heterocycles. The molecular weight excluding hydrogens is 283 g/mol. The highest BCUT2D eigenvalue weighted by Crippen LogP contribution is 2.26. The molecule has 2 heterocycles. The van der Waals surface area contributed by atoms with Crippen LogP contribution in [0.1, 0.15) is 5.56 Å². The van der Waals surface area contributed by atoms with Crippen LogP contribution in [-0.4, -0.2) is 27.3 Å². The monoisotopic (exact) mass is 294 g/mol. The van der Waals surface area contributed by atoms with Gasteiger partial charge in [0.25, 0.3) is 0 Å². The third-order valence-corrected chi connectivity index (χ3v) is 3.49. The average molecular weight is 295 g/mol. The zero-order chi connectivity index (χ0) is 14.3. The van der Waals surface area contributed by atoms with Crippen molar-refractivity contribution in [1.82, 2.24) is 14.6 Å². The number of hydrogen-bond acceptors (Lipinski definition) is 3. The van der Waals surface area contributed by atoms with Crippen LogP contribution >= 0.6 is 11.6 Å². The van der Waals surface area contributed by atoms with Gasteiger partial charge in [-0.15, -0.1) is 0 Å². The second kappa shape index (κ2) is 4.88. The third kappa shape index (κ3) is 2.07. The van der Waals surface area contributed by atoms with Crippen LogP contribution in [0.4, 0.5) is 4.39 Å². The predicted molar refractivity (Wildman–Crippen MR) is 76.0 cm³/mol. The van der Waals surface area contributed by atoms with Crippen molar-refractivity contribution in [2.24, 2.45) is 5.73 Å². The van der Waals surface area contributed by atoms with Crippen molar-refractivity contribution < 1.29 is 4.39 Å². The molecule has 0 bridgehead atoms. The first kappa shape index (κ1) is 13.1. The predicted octanol–water partition coefficient (Wildman–Crippen LogP) is 1.67. The van der Waals surface area contributed by atoms with E-state index in [0.29, 0.717) is 21.6 Å². The van der Waals surface area contributed by atoms with Gasteiger partial charge in [-0.3, -0.25) is 0 Å². The third-order valence-electron chi connectivity index (χ3n) is 3.25. The van der Waals surface area contributed by atoms with Gasteiger partial charge in [0, 0.05) is 29.6 Å². The van der Waals surface area contributed by atoms with E-state index in [4.69, 9.17) is 17.3 Å².